The molecule has 16 heavy (non-hydrogen) atoms. The van der Waals surface area contributed by atoms with E-state index in [4.69, 9.17) is 0 Å². The Bertz CT molecular complexity index is 267. The van der Waals surface area contributed by atoms with Gasteiger partial charge >= 0.3 is 0 Å². The summed E-state index contributed by atoms with van der Waals surface area (Å²) in [6.07, 6.45) is 3.23. The minimum Gasteiger partial charge on any atom is -0.342 e. The van der Waals surface area contributed by atoms with Gasteiger partial charge in [-0.15, -0.1) is 0 Å². The van der Waals surface area contributed by atoms with Crippen molar-refractivity contribution in [1.82, 2.24) is 9.80 Å². The molecule has 0 N–H and O–H groups in total. The highest BCUT2D eigenvalue weighted by molar-refractivity contribution is 5.85. The zero-order chi connectivity index (χ0) is 11.8. The molecular formula is C13H24N2O. The lowest BCUT2D eigenvalue weighted by Gasteiger charge is -2.39. The van der Waals surface area contributed by atoms with E-state index < -0.39 is 0 Å². The van der Waals surface area contributed by atoms with E-state index in [1.165, 1.54) is 0 Å². The van der Waals surface area contributed by atoms with Crippen LogP contribution in [-0.2, 0) is 4.79 Å². The Kier molecular flexibility index (Phi) is 3.24. The minimum absolute atomic E-state index is 0.0153. The summed E-state index contributed by atoms with van der Waals surface area (Å²) < 4.78 is 0. The maximum absolute atomic E-state index is 12.3. The fourth-order valence-electron chi connectivity index (χ4n) is 3.13. The Morgan fingerprint density at radius 1 is 1.19 bits per heavy atom. The first-order chi connectivity index (χ1) is 7.59. The van der Waals surface area contributed by atoms with Crippen LogP contribution in [0, 0.1) is 5.41 Å². The van der Waals surface area contributed by atoms with Gasteiger partial charge in [-0.2, -0.15) is 0 Å². The van der Waals surface area contributed by atoms with Gasteiger partial charge in [-0.1, -0.05) is 0 Å². The van der Waals surface area contributed by atoms with Crippen LogP contribution in [0.15, 0.2) is 0 Å². The fourth-order valence-corrected chi connectivity index (χ4v) is 3.13. The molecule has 2 rings (SSSR count). The number of amides is 1. The van der Waals surface area contributed by atoms with E-state index in [1.807, 2.05) is 4.90 Å². The number of rotatable bonds is 2. The van der Waals surface area contributed by atoms with Crippen LogP contribution in [0.2, 0.25) is 0 Å². The zero-order valence-electron chi connectivity index (χ0n) is 10.8. The van der Waals surface area contributed by atoms with Crippen LogP contribution in [0.25, 0.3) is 0 Å². The van der Waals surface area contributed by atoms with Crippen LogP contribution in [0.3, 0.4) is 0 Å². The summed E-state index contributed by atoms with van der Waals surface area (Å²) in [5.41, 5.74) is 0.0153. The molecule has 0 aliphatic carbocycles. The highest BCUT2D eigenvalue weighted by atomic mass is 16.2. The number of carbonyl (C=O) groups excluding carboxylic acids is 1. The maximum atomic E-state index is 12.3. The number of carbonyl (C=O) groups is 1. The Hall–Kier alpha value is -0.570. The molecule has 2 heterocycles. The van der Waals surface area contributed by atoms with Gasteiger partial charge in [0.15, 0.2) is 0 Å². The third-order valence-corrected chi connectivity index (χ3v) is 4.47. The van der Waals surface area contributed by atoms with Crippen LogP contribution in [0.1, 0.15) is 40.0 Å². The minimum atomic E-state index is 0.0153. The van der Waals surface area contributed by atoms with Crippen molar-refractivity contribution in [1.29, 1.82) is 0 Å². The Morgan fingerprint density at radius 2 is 1.75 bits per heavy atom. The van der Waals surface area contributed by atoms with Crippen LogP contribution in [0.5, 0.6) is 0 Å². The van der Waals surface area contributed by atoms with E-state index in [0.29, 0.717) is 11.9 Å². The molecule has 0 aromatic carbocycles. The maximum Gasteiger partial charge on any atom is 0.228 e. The number of nitrogens with zero attached hydrogens (tertiary/aromatic N) is 2. The first-order valence-corrected chi connectivity index (χ1v) is 6.62. The van der Waals surface area contributed by atoms with Gasteiger partial charge in [-0.05, 0) is 53.1 Å². The zero-order valence-corrected chi connectivity index (χ0v) is 10.8. The number of hydrogen-bond acceptors (Lipinski definition) is 2. The van der Waals surface area contributed by atoms with Crippen LogP contribution in [-0.4, -0.2) is 47.9 Å². The Labute approximate surface area is 98.8 Å². The number of piperidine rings is 1. The van der Waals surface area contributed by atoms with E-state index in [9.17, 15) is 4.79 Å². The third kappa shape index (κ3) is 1.86. The molecule has 0 aromatic heterocycles. The van der Waals surface area contributed by atoms with Gasteiger partial charge in [0.05, 0.1) is 5.41 Å². The fraction of sp³-hybridized carbons (Fsp3) is 0.923. The molecule has 1 amide bonds. The van der Waals surface area contributed by atoms with Gasteiger partial charge in [0.2, 0.25) is 5.91 Å². The van der Waals surface area contributed by atoms with E-state index in [-0.39, 0.29) is 5.41 Å². The van der Waals surface area contributed by atoms with E-state index in [1.54, 1.807) is 0 Å². The molecule has 2 saturated heterocycles. The van der Waals surface area contributed by atoms with E-state index >= 15 is 0 Å². The molecular weight excluding hydrogens is 200 g/mol. The van der Waals surface area contributed by atoms with Gasteiger partial charge in [0, 0.05) is 19.1 Å². The number of hydrogen-bond donors (Lipinski definition) is 0. The van der Waals surface area contributed by atoms with Gasteiger partial charge in [-0.3, -0.25) is 4.79 Å². The second-order valence-corrected chi connectivity index (χ2v) is 5.54. The van der Waals surface area contributed by atoms with Gasteiger partial charge < -0.3 is 9.80 Å². The molecule has 0 atom stereocenters. The summed E-state index contributed by atoms with van der Waals surface area (Å²) in [6.45, 7) is 10.6. The quantitative estimate of drug-likeness (QED) is 0.713. The lowest BCUT2D eigenvalue weighted by Crippen LogP contribution is -2.46. The van der Waals surface area contributed by atoms with Gasteiger partial charge in [0.1, 0.15) is 0 Å². The van der Waals surface area contributed by atoms with Crippen molar-refractivity contribution < 1.29 is 4.79 Å². The third-order valence-electron chi connectivity index (χ3n) is 4.47. The average Bonchev–Trinajstić information content (AvgIpc) is 2.58. The summed E-state index contributed by atoms with van der Waals surface area (Å²) in [6, 6.07) is 0.621. The molecule has 92 valence electrons. The topological polar surface area (TPSA) is 23.6 Å². The smallest absolute Gasteiger partial charge is 0.228 e. The van der Waals surface area contributed by atoms with E-state index in [0.717, 1.165) is 45.4 Å². The summed E-state index contributed by atoms with van der Waals surface area (Å²) in [5, 5.41) is 0. The molecule has 0 bridgehead atoms. The predicted octanol–water partition coefficient (Wildman–Crippen LogP) is 1.73. The van der Waals surface area contributed by atoms with Crippen molar-refractivity contribution in [2.24, 2.45) is 5.41 Å². The average molecular weight is 224 g/mol. The molecule has 2 fully saturated rings. The monoisotopic (exact) mass is 224 g/mol. The summed E-state index contributed by atoms with van der Waals surface area (Å²) >= 11 is 0. The molecule has 3 heteroatoms. The molecule has 0 unspecified atom stereocenters. The molecule has 0 aromatic rings. The summed E-state index contributed by atoms with van der Waals surface area (Å²) in [7, 11) is 0. The Balaban J connectivity index is 2.00. The predicted molar refractivity (Wildman–Crippen MR) is 65.2 cm³/mol. The van der Waals surface area contributed by atoms with Crippen molar-refractivity contribution in [3.8, 4) is 0 Å². The molecule has 2 aliphatic rings. The Morgan fingerprint density at radius 3 is 2.19 bits per heavy atom. The van der Waals surface area contributed by atoms with Crippen molar-refractivity contribution in [3.05, 3.63) is 0 Å². The van der Waals surface area contributed by atoms with Gasteiger partial charge in [0.25, 0.3) is 0 Å². The highest BCUT2D eigenvalue weighted by Gasteiger charge is 2.47. The SMILES string of the molecule is CCN1CCC2(CCN(C(C)C)CC2)C1=O. The van der Waals surface area contributed by atoms with Crippen LogP contribution < -0.4 is 0 Å². The second-order valence-electron chi connectivity index (χ2n) is 5.54. The standard InChI is InChI=1S/C13H24N2O/c1-4-14-8-5-13(12(14)16)6-9-15(10-7-13)11(2)3/h11H,4-10H2,1-3H3. The van der Waals surface area contributed by atoms with Crippen LogP contribution >= 0.6 is 0 Å². The summed E-state index contributed by atoms with van der Waals surface area (Å²) in [5.74, 6) is 0.429. The number of likely N-dealkylation sites (tertiary alicyclic amines) is 2. The summed E-state index contributed by atoms with van der Waals surface area (Å²) in [4.78, 5) is 16.8. The first-order valence-electron chi connectivity index (χ1n) is 6.62. The highest BCUT2D eigenvalue weighted by Crippen LogP contribution is 2.41. The molecule has 2 aliphatic heterocycles. The second kappa shape index (κ2) is 4.36. The van der Waals surface area contributed by atoms with Crippen molar-refractivity contribution in [2.45, 2.75) is 46.1 Å². The first kappa shape index (κ1) is 11.9. The molecule has 3 nitrogen and oxygen atoms in total. The van der Waals surface area contributed by atoms with Crippen LogP contribution in [0.4, 0.5) is 0 Å². The molecule has 0 radical (unpaired) electrons. The normalized spacial score (nSPS) is 26.0. The largest absolute Gasteiger partial charge is 0.342 e. The van der Waals surface area contributed by atoms with Crippen molar-refractivity contribution >= 4 is 5.91 Å². The lowest BCUT2D eigenvalue weighted by atomic mass is 9.77. The molecule has 0 saturated carbocycles. The van der Waals surface area contributed by atoms with Crippen molar-refractivity contribution in [2.75, 3.05) is 26.2 Å². The van der Waals surface area contributed by atoms with Crippen molar-refractivity contribution in [3.63, 3.8) is 0 Å². The van der Waals surface area contributed by atoms with Gasteiger partial charge in [-0.25, -0.2) is 0 Å². The molecule has 1 spiro atoms. The lowest BCUT2D eigenvalue weighted by molar-refractivity contribution is -0.138. The van der Waals surface area contributed by atoms with E-state index in [2.05, 4.69) is 25.7 Å².